The lowest BCUT2D eigenvalue weighted by Gasteiger charge is -2.10. The normalized spacial score (nSPS) is 12.2. The third-order valence-electron chi connectivity index (χ3n) is 1.37. The number of aliphatic hydroxyl groups excluding tert-OH is 1. The maximum absolute atomic E-state index is 10.8. The standard InChI is InChI=1S/C8H17NO3/c1-3-4-5-12-8(11)9-7(2)6-10/h7,10H,3-6H2,1-2H3,(H,9,11)/t7-/m0/s1. The van der Waals surface area contributed by atoms with E-state index in [1.807, 2.05) is 6.92 Å². The first-order valence-electron chi connectivity index (χ1n) is 4.24. The number of carbonyl (C=O) groups is 1. The van der Waals surface area contributed by atoms with Gasteiger partial charge in [0.1, 0.15) is 0 Å². The Morgan fingerprint density at radius 2 is 2.33 bits per heavy atom. The lowest BCUT2D eigenvalue weighted by atomic mass is 10.4. The van der Waals surface area contributed by atoms with Gasteiger partial charge in [0.05, 0.1) is 19.3 Å². The van der Waals surface area contributed by atoms with Gasteiger partial charge in [-0.15, -0.1) is 0 Å². The zero-order valence-electron chi connectivity index (χ0n) is 7.67. The van der Waals surface area contributed by atoms with Gasteiger partial charge in [0.2, 0.25) is 0 Å². The van der Waals surface area contributed by atoms with E-state index in [1.54, 1.807) is 6.92 Å². The fraction of sp³-hybridized carbons (Fsp3) is 0.875. The van der Waals surface area contributed by atoms with Crippen LogP contribution in [0.15, 0.2) is 0 Å². The largest absolute Gasteiger partial charge is 0.450 e. The monoisotopic (exact) mass is 175 g/mol. The van der Waals surface area contributed by atoms with E-state index in [0.717, 1.165) is 12.8 Å². The molecule has 0 saturated heterocycles. The summed E-state index contributed by atoms with van der Waals surface area (Å²) in [4.78, 5) is 10.8. The van der Waals surface area contributed by atoms with Crippen LogP contribution in [0.4, 0.5) is 4.79 Å². The quantitative estimate of drug-likeness (QED) is 0.610. The smallest absolute Gasteiger partial charge is 0.407 e. The summed E-state index contributed by atoms with van der Waals surface area (Å²) in [6.45, 7) is 4.11. The van der Waals surface area contributed by atoms with Crippen LogP contribution in [0.2, 0.25) is 0 Å². The van der Waals surface area contributed by atoms with Gasteiger partial charge in [-0.25, -0.2) is 4.79 Å². The Morgan fingerprint density at radius 1 is 1.67 bits per heavy atom. The van der Waals surface area contributed by atoms with E-state index in [2.05, 4.69) is 5.32 Å². The molecule has 0 spiro atoms. The first-order chi connectivity index (χ1) is 5.70. The fourth-order valence-electron chi connectivity index (χ4n) is 0.598. The van der Waals surface area contributed by atoms with Crippen LogP contribution in [-0.4, -0.2) is 30.5 Å². The average molecular weight is 175 g/mol. The van der Waals surface area contributed by atoms with E-state index < -0.39 is 6.09 Å². The van der Waals surface area contributed by atoms with E-state index in [4.69, 9.17) is 9.84 Å². The first kappa shape index (κ1) is 11.2. The van der Waals surface area contributed by atoms with Crippen LogP contribution in [0.3, 0.4) is 0 Å². The van der Waals surface area contributed by atoms with Gasteiger partial charge in [-0.3, -0.25) is 0 Å². The van der Waals surface area contributed by atoms with Gasteiger partial charge < -0.3 is 15.2 Å². The molecule has 0 heterocycles. The number of alkyl carbamates (subject to hydrolysis) is 1. The van der Waals surface area contributed by atoms with Crippen LogP contribution in [0.1, 0.15) is 26.7 Å². The van der Waals surface area contributed by atoms with E-state index in [9.17, 15) is 4.79 Å². The summed E-state index contributed by atoms with van der Waals surface area (Å²) < 4.78 is 4.79. The van der Waals surface area contributed by atoms with Crippen LogP contribution in [0.5, 0.6) is 0 Å². The van der Waals surface area contributed by atoms with Crippen LogP contribution in [-0.2, 0) is 4.74 Å². The number of rotatable bonds is 5. The van der Waals surface area contributed by atoms with Gasteiger partial charge in [0, 0.05) is 0 Å². The minimum atomic E-state index is -0.454. The Balaban J connectivity index is 3.33. The Morgan fingerprint density at radius 3 is 2.83 bits per heavy atom. The molecular weight excluding hydrogens is 158 g/mol. The summed E-state index contributed by atoms with van der Waals surface area (Å²) in [5, 5.41) is 11.1. The Kier molecular flexibility index (Phi) is 6.47. The minimum absolute atomic E-state index is 0.0666. The molecule has 0 fully saturated rings. The molecular formula is C8H17NO3. The molecule has 0 aliphatic carbocycles. The van der Waals surface area contributed by atoms with Crippen molar-refractivity contribution in [3.63, 3.8) is 0 Å². The molecule has 0 aromatic rings. The molecule has 2 N–H and O–H groups in total. The predicted molar refractivity (Wildman–Crippen MR) is 45.9 cm³/mol. The molecule has 4 heteroatoms. The zero-order valence-corrected chi connectivity index (χ0v) is 7.67. The lowest BCUT2D eigenvalue weighted by molar-refractivity contribution is 0.135. The molecule has 0 aromatic carbocycles. The summed E-state index contributed by atoms with van der Waals surface area (Å²) in [7, 11) is 0. The highest BCUT2D eigenvalue weighted by Crippen LogP contribution is 1.89. The van der Waals surface area contributed by atoms with Crippen molar-refractivity contribution < 1.29 is 14.6 Å². The molecule has 4 nitrogen and oxygen atoms in total. The van der Waals surface area contributed by atoms with Gasteiger partial charge in [0.15, 0.2) is 0 Å². The van der Waals surface area contributed by atoms with E-state index in [0.29, 0.717) is 6.61 Å². The van der Waals surface area contributed by atoms with E-state index >= 15 is 0 Å². The first-order valence-corrected chi connectivity index (χ1v) is 4.24. The predicted octanol–water partition coefficient (Wildman–Crippen LogP) is 0.893. The number of amides is 1. The number of aliphatic hydroxyl groups is 1. The van der Waals surface area contributed by atoms with Gasteiger partial charge in [-0.1, -0.05) is 13.3 Å². The second-order valence-electron chi connectivity index (χ2n) is 2.72. The summed E-state index contributed by atoms with van der Waals surface area (Å²) in [5.74, 6) is 0. The molecule has 0 aliphatic heterocycles. The Bertz CT molecular complexity index is 127. The molecule has 0 saturated carbocycles. The van der Waals surface area contributed by atoms with Crippen molar-refractivity contribution in [1.82, 2.24) is 5.32 Å². The number of carbonyl (C=O) groups excluding carboxylic acids is 1. The lowest BCUT2D eigenvalue weighted by Crippen LogP contribution is -2.35. The third kappa shape index (κ3) is 5.97. The Labute approximate surface area is 72.9 Å². The highest BCUT2D eigenvalue weighted by molar-refractivity contribution is 5.67. The van der Waals surface area contributed by atoms with Crippen LogP contribution in [0.25, 0.3) is 0 Å². The molecule has 1 atom stereocenters. The molecule has 0 unspecified atom stereocenters. The maximum atomic E-state index is 10.8. The van der Waals surface area contributed by atoms with Crippen molar-refractivity contribution >= 4 is 6.09 Å². The molecule has 0 aliphatic rings. The van der Waals surface area contributed by atoms with Crippen LogP contribution >= 0.6 is 0 Å². The third-order valence-corrected chi connectivity index (χ3v) is 1.37. The molecule has 1 amide bonds. The number of hydrogen-bond donors (Lipinski definition) is 2. The summed E-state index contributed by atoms with van der Waals surface area (Å²) in [5.41, 5.74) is 0. The van der Waals surface area contributed by atoms with Crippen molar-refractivity contribution in [2.24, 2.45) is 0 Å². The van der Waals surface area contributed by atoms with Gasteiger partial charge in [0.25, 0.3) is 0 Å². The van der Waals surface area contributed by atoms with E-state index in [1.165, 1.54) is 0 Å². The van der Waals surface area contributed by atoms with Crippen molar-refractivity contribution in [2.45, 2.75) is 32.7 Å². The fourth-order valence-corrected chi connectivity index (χ4v) is 0.598. The van der Waals surface area contributed by atoms with Crippen molar-refractivity contribution in [3.8, 4) is 0 Å². The highest BCUT2D eigenvalue weighted by Gasteiger charge is 2.05. The van der Waals surface area contributed by atoms with E-state index in [-0.39, 0.29) is 12.6 Å². The minimum Gasteiger partial charge on any atom is -0.450 e. The van der Waals surface area contributed by atoms with Gasteiger partial charge >= 0.3 is 6.09 Å². The highest BCUT2D eigenvalue weighted by atomic mass is 16.5. The van der Waals surface area contributed by atoms with Gasteiger partial charge in [-0.05, 0) is 13.3 Å². The van der Waals surface area contributed by atoms with Crippen LogP contribution < -0.4 is 5.32 Å². The SMILES string of the molecule is CCCCOC(=O)N[C@@H](C)CO. The van der Waals surface area contributed by atoms with Gasteiger partial charge in [-0.2, -0.15) is 0 Å². The summed E-state index contributed by atoms with van der Waals surface area (Å²) >= 11 is 0. The number of ether oxygens (including phenoxy) is 1. The topological polar surface area (TPSA) is 58.6 Å². The molecule has 0 rings (SSSR count). The summed E-state index contributed by atoms with van der Waals surface area (Å²) in [6, 6.07) is -0.237. The average Bonchev–Trinajstić information content (AvgIpc) is 2.05. The second-order valence-corrected chi connectivity index (χ2v) is 2.72. The molecule has 0 radical (unpaired) electrons. The van der Waals surface area contributed by atoms with Crippen molar-refractivity contribution in [3.05, 3.63) is 0 Å². The molecule has 0 aromatic heterocycles. The number of hydrogen-bond acceptors (Lipinski definition) is 3. The summed E-state index contributed by atoms with van der Waals surface area (Å²) in [6.07, 6.45) is 1.43. The zero-order chi connectivity index (χ0) is 9.40. The Hall–Kier alpha value is -0.770. The van der Waals surface area contributed by atoms with Crippen molar-refractivity contribution in [2.75, 3.05) is 13.2 Å². The maximum Gasteiger partial charge on any atom is 0.407 e. The molecule has 12 heavy (non-hydrogen) atoms. The molecule has 0 bridgehead atoms. The van der Waals surface area contributed by atoms with Crippen molar-refractivity contribution in [1.29, 1.82) is 0 Å². The second kappa shape index (κ2) is 6.91. The number of nitrogens with one attached hydrogen (secondary N) is 1. The van der Waals surface area contributed by atoms with Crippen LogP contribution in [0, 0.1) is 0 Å². The molecule has 72 valence electrons. The number of unbranched alkanes of at least 4 members (excludes halogenated alkanes) is 1.